The number of hydrogen-bond acceptors (Lipinski definition) is 7. The molecule has 1 aromatic heterocycles. The van der Waals surface area contributed by atoms with Crippen molar-refractivity contribution in [1.82, 2.24) is 9.97 Å². The first-order valence-electron chi connectivity index (χ1n) is 7.14. The average molecular weight is 297 g/mol. The van der Waals surface area contributed by atoms with Gasteiger partial charge in [-0.3, -0.25) is 10.1 Å². The molecule has 0 atom stereocenters. The first kappa shape index (κ1) is 17.1. The molecule has 0 fully saturated rings. The maximum Gasteiger partial charge on any atom is 0.332 e. The Hall–Kier alpha value is -1.96. The maximum atomic E-state index is 11.3. The minimum atomic E-state index is -0.427. The van der Waals surface area contributed by atoms with Crippen molar-refractivity contribution in [1.29, 1.82) is 0 Å². The molecule has 1 rings (SSSR count). The van der Waals surface area contributed by atoms with E-state index < -0.39 is 4.92 Å². The lowest BCUT2D eigenvalue weighted by molar-refractivity contribution is -0.385. The fourth-order valence-corrected chi connectivity index (χ4v) is 1.96. The van der Waals surface area contributed by atoms with Crippen molar-refractivity contribution in [3.05, 3.63) is 15.8 Å². The topological polar surface area (TPSA) is 93.4 Å². The van der Waals surface area contributed by atoms with Gasteiger partial charge in [0, 0.05) is 26.2 Å². The van der Waals surface area contributed by atoms with Crippen LogP contribution in [0.5, 0.6) is 0 Å². The highest BCUT2D eigenvalue weighted by Crippen LogP contribution is 2.29. The van der Waals surface area contributed by atoms with Crippen LogP contribution in [0, 0.1) is 17.0 Å². The molecule has 1 aromatic rings. The van der Waals surface area contributed by atoms with E-state index in [9.17, 15) is 10.1 Å². The number of anilines is 2. The van der Waals surface area contributed by atoms with E-state index in [0.29, 0.717) is 50.3 Å². The van der Waals surface area contributed by atoms with Crippen LogP contribution in [0.1, 0.15) is 26.5 Å². The van der Waals surface area contributed by atoms with Crippen LogP contribution in [0.25, 0.3) is 0 Å². The molecule has 0 amide bonds. The van der Waals surface area contributed by atoms with E-state index in [1.807, 2.05) is 25.7 Å². The number of ether oxygens (including phenoxy) is 1. The molecule has 1 heterocycles. The molecule has 0 aliphatic heterocycles. The van der Waals surface area contributed by atoms with Crippen molar-refractivity contribution in [2.75, 3.05) is 43.1 Å². The zero-order valence-corrected chi connectivity index (χ0v) is 13.0. The minimum absolute atomic E-state index is 0.0463. The summed E-state index contributed by atoms with van der Waals surface area (Å²) >= 11 is 0. The summed E-state index contributed by atoms with van der Waals surface area (Å²) in [6.07, 6.45) is 0. The Morgan fingerprint density at radius 1 is 1.33 bits per heavy atom. The number of nitrogens with zero attached hydrogens (tertiary/aromatic N) is 4. The molecule has 8 nitrogen and oxygen atoms in total. The second-order valence-corrected chi connectivity index (χ2v) is 4.37. The van der Waals surface area contributed by atoms with E-state index in [2.05, 4.69) is 15.3 Å². The Balaban J connectivity index is 3.17. The van der Waals surface area contributed by atoms with Crippen LogP contribution in [0.2, 0.25) is 0 Å². The lowest BCUT2D eigenvalue weighted by atomic mass is 10.3. The number of aromatic nitrogens is 2. The smallest absolute Gasteiger partial charge is 0.332 e. The standard InChI is InChI=1S/C13H23N5O3/c1-5-14-13-15-10(4)11(18(19)20)12(16-13)17(6-2)8-9-21-7-3/h5-9H2,1-4H3,(H,14,15,16). The molecule has 0 bridgehead atoms. The van der Waals surface area contributed by atoms with Gasteiger partial charge in [-0.05, 0) is 27.7 Å². The zero-order chi connectivity index (χ0) is 15.8. The largest absolute Gasteiger partial charge is 0.380 e. The molecule has 0 aliphatic carbocycles. The quantitative estimate of drug-likeness (QED) is 0.423. The number of likely N-dealkylation sites (N-methyl/N-ethyl adjacent to an activating group) is 1. The van der Waals surface area contributed by atoms with Crippen molar-refractivity contribution < 1.29 is 9.66 Å². The summed E-state index contributed by atoms with van der Waals surface area (Å²) in [4.78, 5) is 21.2. The third-order valence-electron chi connectivity index (χ3n) is 2.95. The van der Waals surface area contributed by atoms with Crippen LogP contribution < -0.4 is 10.2 Å². The average Bonchev–Trinajstić information content (AvgIpc) is 2.43. The molecular weight excluding hydrogens is 274 g/mol. The molecule has 0 aromatic carbocycles. The molecule has 8 heteroatoms. The number of nitro groups is 1. The lowest BCUT2D eigenvalue weighted by Gasteiger charge is -2.22. The second kappa shape index (κ2) is 8.35. The van der Waals surface area contributed by atoms with Gasteiger partial charge in [-0.25, -0.2) is 4.98 Å². The lowest BCUT2D eigenvalue weighted by Crippen LogP contribution is -2.29. The Labute approximate surface area is 124 Å². The first-order chi connectivity index (χ1) is 10.0. The third kappa shape index (κ3) is 4.52. The summed E-state index contributed by atoms with van der Waals surface area (Å²) in [5, 5.41) is 14.3. The van der Waals surface area contributed by atoms with Gasteiger partial charge in [-0.1, -0.05) is 0 Å². The number of nitrogens with one attached hydrogen (secondary N) is 1. The van der Waals surface area contributed by atoms with Gasteiger partial charge in [-0.2, -0.15) is 4.98 Å². The van der Waals surface area contributed by atoms with E-state index in [1.54, 1.807) is 6.92 Å². The van der Waals surface area contributed by atoms with E-state index in [-0.39, 0.29) is 5.69 Å². The minimum Gasteiger partial charge on any atom is -0.380 e. The molecule has 0 saturated heterocycles. The Morgan fingerprint density at radius 2 is 2.05 bits per heavy atom. The third-order valence-corrected chi connectivity index (χ3v) is 2.95. The highest BCUT2D eigenvalue weighted by atomic mass is 16.6. The van der Waals surface area contributed by atoms with Gasteiger partial charge >= 0.3 is 5.69 Å². The predicted molar refractivity (Wildman–Crippen MR) is 82.0 cm³/mol. The van der Waals surface area contributed by atoms with Crippen molar-refractivity contribution in [3.63, 3.8) is 0 Å². The van der Waals surface area contributed by atoms with Crippen LogP contribution in [0.4, 0.5) is 17.5 Å². The van der Waals surface area contributed by atoms with Gasteiger partial charge < -0.3 is 15.0 Å². The molecule has 0 spiro atoms. The monoisotopic (exact) mass is 297 g/mol. The van der Waals surface area contributed by atoms with Gasteiger partial charge in [0.1, 0.15) is 5.69 Å². The molecule has 0 saturated carbocycles. The number of hydrogen-bond donors (Lipinski definition) is 1. The van der Waals surface area contributed by atoms with Gasteiger partial charge in [0.15, 0.2) is 0 Å². The Kier molecular flexibility index (Phi) is 6.80. The molecule has 0 aliphatic rings. The summed E-state index contributed by atoms with van der Waals surface area (Å²) in [7, 11) is 0. The van der Waals surface area contributed by atoms with Crippen molar-refractivity contribution in [2.45, 2.75) is 27.7 Å². The van der Waals surface area contributed by atoms with Gasteiger partial charge in [-0.15, -0.1) is 0 Å². The van der Waals surface area contributed by atoms with E-state index >= 15 is 0 Å². The predicted octanol–water partition coefficient (Wildman–Crippen LogP) is 1.99. The Morgan fingerprint density at radius 3 is 2.57 bits per heavy atom. The second-order valence-electron chi connectivity index (χ2n) is 4.37. The van der Waals surface area contributed by atoms with Gasteiger partial charge in [0.2, 0.25) is 11.8 Å². The number of aryl methyl sites for hydroxylation is 1. The number of rotatable bonds is 9. The van der Waals surface area contributed by atoms with E-state index in [0.717, 1.165) is 0 Å². The summed E-state index contributed by atoms with van der Waals surface area (Å²) in [5.74, 6) is 0.746. The molecular formula is C13H23N5O3. The molecule has 1 N–H and O–H groups in total. The van der Waals surface area contributed by atoms with Crippen molar-refractivity contribution >= 4 is 17.5 Å². The Bertz CT molecular complexity index is 481. The summed E-state index contributed by atoms with van der Waals surface area (Å²) in [6, 6.07) is 0. The van der Waals surface area contributed by atoms with Crippen LogP contribution in [0.15, 0.2) is 0 Å². The van der Waals surface area contributed by atoms with E-state index in [4.69, 9.17) is 4.74 Å². The highest BCUT2D eigenvalue weighted by Gasteiger charge is 2.25. The van der Waals surface area contributed by atoms with Crippen molar-refractivity contribution in [2.24, 2.45) is 0 Å². The van der Waals surface area contributed by atoms with Gasteiger partial charge in [0.25, 0.3) is 0 Å². The molecule has 0 radical (unpaired) electrons. The summed E-state index contributed by atoms with van der Waals surface area (Å²) in [5.41, 5.74) is 0.311. The van der Waals surface area contributed by atoms with E-state index in [1.165, 1.54) is 0 Å². The first-order valence-corrected chi connectivity index (χ1v) is 7.14. The fourth-order valence-electron chi connectivity index (χ4n) is 1.96. The summed E-state index contributed by atoms with van der Waals surface area (Å²) < 4.78 is 5.33. The summed E-state index contributed by atoms with van der Waals surface area (Å²) in [6.45, 7) is 10.3. The highest BCUT2D eigenvalue weighted by molar-refractivity contribution is 5.62. The molecule has 118 valence electrons. The van der Waals surface area contributed by atoms with Crippen LogP contribution in [0.3, 0.4) is 0 Å². The normalized spacial score (nSPS) is 10.5. The van der Waals surface area contributed by atoms with Crippen LogP contribution in [-0.2, 0) is 4.74 Å². The zero-order valence-electron chi connectivity index (χ0n) is 13.0. The van der Waals surface area contributed by atoms with Crippen LogP contribution in [-0.4, -0.2) is 47.7 Å². The van der Waals surface area contributed by atoms with Crippen molar-refractivity contribution in [3.8, 4) is 0 Å². The molecule has 21 heavy (non-hydrogen) atoms. The van der Waals surface area contributed by atoms with Crippen LogP contribution >= 0.6 is 0 Å². The fraction of sp³-hybridized carbons (Fsp3) is 0.692. The maximum absolute atomic E-state index is 11.3. The van der Waals surface area contributed by atoms with Gasteiger partial charge in [0.05, 0.1) is 11.5 Å². The molecule has 0 unspecified atom stereocenters. The SMILES string of the molecule is CCNc1nc(C)c([N+](=O)[O-])c(N(CC)CCOCC)n1.